The first kappa shape index (κ1) is 20.1. The van der Waals surface area contributed by atoms with Gasteiger partial charge in [0.2, 0.25) is 5.91 Å². The molecular formula is C25H29N5OS. The largest absolute Gasteiger partial charge is 0.356 e. The van der Waals surface area contributed by atoms with E-state index in [0.29, 0.717) is 11.8 Å². The SMILES string of the molecule is O=C1CCCCN1CC1CCN(c2nc(-c3cccnc3)nc3sc4c(c23)CCC4)CC1. The maximum Gasteiger partial charge on any atom is 0.222 e. The lowest BCUT2D eigenvalue weighted by atomic mass is 9.95. The van der Waals surface area contributed by atoms with E-state index < -0.39 is 0 Å². The number of likely N-dealkylation sites (tertiary alicyclic amines) is 1. The van der Waals surface area contributed by atoms with Gasteiger partial charge < -0.3 is 9.80 Å². The van der Waals surface area contributed by atoms with Gasteiger partial charge in [-0.25, -0.2) is 9.97 Å². The van der Waals surface area contributed by atoms with Crippen LogP contribution in [-0.2, 0) is 17.6 Å². The van der Waals surface area contributed by atoms with E-state index in [0.717, 1.165) is 86.7 Å². The maximum atomic E-state index is 12.2. The monoisotopic (exact) mass is 447 g/mol. The van der Waals surface area contributed by atoms with Gasteiger partial charge in [0.15, 0.2) is 5.82 Å². The Morgan fingerprint density at radius 2 is 1.94 bits per heavy atom. The highest BCUT2D eigenvalue weighted by atomic mass is 32.1. The normalized spacial score (nSPS) is 19.7. The minimum absolute atomic E-state index is 0.353. The molecule has 7 heteroatoms. The smallest absolute Gasteiger partial charge is 0.222 e. The molecule has 1 amide bonds. The van der Waals surface area contributed by atoms with Gasteiger partial charge in [0, 0.05) is 55.4 Å². The molecule has 2 fully saturated rings. The summed E-state index contributed by atoms with van der Waals surface area (Å²) in [7, 11) is 0. The van der Waals surface area contributed by atoms with Gasteiger partial charge in [-0.15, -0.1) is 11.3 Å². The molecule has 32 heavy (non-hydrogen) atoms. The number of piperidine rings is 2. The van der Waals surface area contributed by atoms with Crippen LogP contribution in [-0.4, -0.2) is 51.9 Å². The van der Waals surface area contributed by atoms with Crippen LogP contribution in [0.15, 0.2) is 24.5 Å². The second kappa shape index (κ2) is 8.43. The van der Waals surface area contributed by atoms with Crippen molar-refractivity contribution in [2.75, 3.05) is 31.1 Å². The van der Waals surface area contributed by atoms with Gasteiger partial charge in [-0.1, -0.05) is 0 Å². The van der Waals surface area contributed by atoms with E-state index in [1.165, 1.54) is 28.7 Å². The average molecular weight is 448 g/mol. The third kappa shape index (κ3) is 3.66. The highest BCUT2D eigenvalue weighted by Crippen LogP contribution is 2.42. The van der Waals surface area contributed by atoms with Gasteiger partial charge in [0.05, 0.1) is 5.39 Å². The fraction of sp³-hybridized carbons (Fsp3) is 0.520. The Balaban J connectivity index is 1.28. The molecule has 5 heterocycles. The summed E-state index contributed by atoms with van der Waals surface area (Å²) < 4.78 is 0. The molecule has 2 aliphatic heterocycles. The standard InChI is InChI=1S/C25H29N5OS/c31-21-8-1-2-12-30(21)16-17-9-13-29(14-10-17)24-22-19-6-3-7-20(19)32-25(22)28-23(27-24)18-5-4-11-26-15-18/h4-5,11,15,17H,1-3,6-10,12-14,16H2. The number of pyridine rings is 1. The number of amides is 1. The Labute approximate surface area is 192 Å². The number of carbonyl (C=O) groups excluding carboxylic acids is 1. The molecule has 0 saturated carbocycles. The second-order valence-corrected chi connectivity index (χ2v) is 10.5. The number of carbonyl (C=O) groups is 1. The first-order chi connectivity index (χ1) is 15.8. The molecule has 3 aromatic heterocycles. The van der Waals surface area contributed by atoms with Crippen LogP contribution in [0.4, 0.5) is 5.82 Å². The van der Waals surface area contributed by atoms with Crippen LogP contribution in [0.3, 0.4) is 0 Å². The summed E-state index contributed by atoms with van der Waals surface area (Å²) >= 11 is 1.86. The summed E-state index contributed by atoms with van der Waals surface area (Å²) in [6.07, 6.45) is 12.4. The van der Waals surface area contributed by atoms with E-state index in [1.54, 1.807) is 6.20 Å². The summed E-state index contributed by atoms with van der Waals surface area (Å²) in [5.41, 5.74) is 2.46. The first-order valence-electron chi connectivity index (χ1n) is 12.0. The number of rotatable bonds is 4. The van der Waals surface area contributed by atoms with Crippen molar-refractivity contribution in [2.24, 2.45) is 5.92 Å². The van der Waals surface area contributed by atoms with Crippen molar-refractivity contribution in [2.45, 2.75) is 51.4 Å². The summed E-state index contributed by atoms with van der Waals surface area (Å²) in [5.74, 6) is 2.84. The molecule has 3 aliphatic rings. The van der Waals surface area contributed by atoms with Crippen LogP contribution in [0.1, 0.15) is 49.0 Å². The number of fused-ring (bicyclic) bond motifs is 3. The number of aromatic nitrogens is 3. The third-order valence-corrected chi connectivity index (χ3v) is 8.47. The number of hydrogen-bond donors (Lipinski definition) is 0. The topological polar surface area (TPSA) is 62.2 Å². The number of aryl methyl sites for hydroxylation is 2. The summed E-state index contributed by atoms with van der Waals surface area (Å²) in [6.45, 7) is 3.87. The Morgan fingerprint density at radius 3 is 2.75 bits per heavy atom. The van der Waals surface area contributed by atoms with Crippen LogP contribution in [0, 0.1) is 5.92 Å². The summed E-state index contributed by atoms with van der Waals surface area (Å²) in [5, 5.41) is 1.29. The van der Waals surface area contributed by atoms with E-state index in [1.807, 2.05) is 29.7 Å². The molecule has 1 aliphatic carbocycles. The Hall–Kier alpha value is -2.54. The number of anilines is 1. The number of nitrogens with zero attached hydrogens (tertiary/aromatic N) is 5. The van der Waals surface area contributed by atoms with Crippen molar-refractivity contribution in [1.82, 2.24) is 19.9 Å². The zero-order valence-electron chi connectivity index (χ0n) is 18.4. The fourth-order valence-electron chi connectivity index (χ4n) is 5.52. The Bertz CT molecular complexity index is 1140. The van der Waals surface area contributed by atoms with Gasteiger partial charge in [-0.3, -0.25) is 9.78 Å². The van der Waals surface area contributed by atoms with Gasteiger partial charge in [-0.05, 0) is 68.6 Å². The van der Waals surface area contributed by atoms with Crippen molar-refractivity contribution in [1.29, 1.82) is 0 Å². The van der Waals surface area contributed by atoms with Gasteiger partial charge in [0.1, 0.15) is 10.6 Å². The Kier molecular flexibility index (Phi) is 5.29. The van der Waals surface area contributed by atoms with Gasteiger partial charge >= 0.3 is 0 Å². The molecule has 0 radical (unpaired) electrons. The molecule has 0 atom stereocenters. The molecule has 0 spiro atoms. The molecule has 0 aromatic carbocycles. The second-order valence-electron chi connectivity index (χ2n) is 9.38. The zero-order chi connectivity index (χ0) is 21.5. The minimum Gasteiger partial charge on any atom is -0.356 e. The lowest BCUT2D eigenvalue weighted by Gasteiger charge is -2.37. The van der Waals surface area contributed by atoms with E-state index in [-0.39, 0.29) is 0 Å². The van der Waals surface area contributed by atoms with Crippen molar-refractivity contribution in [3.05, 3.63) is 35.0 Å². The fourth-order valence-corrected chi connectivity index (χ4v) is 6.78. The number of thiophene rings is 1. The first-order valence-corrected chi connectivity index (χ1v) is 12.8. The minimum atomic E-state index is 0.353. The lowest BCUT2D eigenvalue weighted by Crippen LogP contribution is -2.43. The van der Waals surface area contributed by atoms with Gasteiger partial charge in [-0.2, -0.15) is 0 Å². The van der Waals surface area contributed by atoms with E-state index in [9.17, 15) is 4.79 Å². The van der Waals surface area contributed by atoms with Crippen molar-refractivity contribution >= 4 is 33.3 Å². The lowest BCUT2D eigenvalue weighted by molar-refractivity contribution is -0.134. The maximum absolute atomic E-state index is 12.2. The predicted molar refractivity (Wildman–Crippen MR) is 128 cm³/mol. The molecular weight excluding hydrogens is 418 g/mol. The molecule has 0 bridgehead atoms. The number of hydrogen-bond acceptors (Lipinski definition) is 6. The molecule has 3 aromatic rings. The van der Waals surface area contributed by atoms with Crippen LogP contribution in [0.2, 0.25) is 0 Å². The summed E-state index contributed by atoms with van der Waals surface area (Å²) in [6, 6.07) is 3.99. The third-order valence-electron chi connectivity index (χ3n) is 7.28. The molecule has 6 nitrogen and oxygen atoms in total. The Morgan fingerprint density at radius 1 is 1.03 bits per heavy atom. The highest BCUT2D eigenvalue weighted by molar-refractivity contribution is 7.19. The molecule has 6 rings (SSSR count). The van der Waals surface area contributed by atoms with Gasteiger partial charge in [0.25, 0.3) is 0 Å². The van der Waals surface area contributed by atoms with E-state index in [4.69, 9.17) is 9.97 Å². The molecule has 0 N–H and O–H groups in total. The predicted octanol–water partition coefficient (Wildman–Crippen LogP) is 4.47. The van der Waals surface area contributed by atoms with E-state index >= 15 is 0 Å². The van der Waals surface area contributed by atoms with Crippen LogP contribution in [0.5, 0.6) is 0 Å². The summed E-state index contributed by atoms with van der Waals surface area (Å²) in [4.78, 5) is 33.8. The average Bonchev–Trinajstić information content (AvgIpc) is 3.42. The van der Waals surface area contributed by atoms with Crippen LogP contribution in [0.25, 0.3) is 21.6 Å². The zero-order valence-corrected chi connectivity index (χ0v) is 19.2. The van der Waals surface area contributed by atoms with Crippen molar-refractivity contribution < 1.29 is 4.79 Å². The molecule has 0 unspecified atom stereocenters. The van der Waals surface area contributed by atoms with E-state index in [2.05, 4.69) is 14.8 Å². The van der Waals surface area contributed by atoms with Crippen molar-refractivity contribution in [3.8, 4) is 11.4 Å². The molecule has 2 saturated heterocycles. The van der Waals surface area contributed by atoms with Crippen molar-refractivity contribution in [3.63, 3.8) is 0 Å². The van der Waals surface area contributed by atoms with Crippen LogP contribution >= 0.6 is 11.3 Å². The molecule has 166 valence electrons. The highest BCUT2D eigenvalue weighted by Gasteiger charge is 2.29. The quantitative estimate of drug-likeness (QED) is 0.590. The van der Waals surface area contributed by atoms with Crippen LogP contribution < -0.4 is 4.90 Å².